The first-order chi connectivity index (χ1) is 9.28. The molecule has 0 spiro atoms. The van der Waals surface area contributed by atoms with Gasteiger partial charge in [-0.25, -0.2) is 0 Å². The van der Waals surface area contributed by atoms with Gasteiger partial charge in [-0.1, -0.05) is 48.4 Å². The molecule has 0 aliphatic heterocycles. The molecule has 0 radical (unpaired) electrons. The Kier molecular flexibility index (Phi) is 5.50. The average Bonchev–Trinajstić information content (AvgIpc) is 2.39. The maximum atomic E-state index is 11.0. The van der Waals surface area contributed by atoms with Gasteiger partial charge in [-0.05, 0) is 57.7 Å². The first kappa shape index (κ1) is 16.4. The fraction of sp³-hybridized carbons (Fsp3) is 0.421. The Labute approximate surface area is 123 Å². The lowest BCUT2D eigenvalue weighted by Crippen LogP contribution is -2.21. The van der Waals surface area contributed by atoms with Crippen molar-refractivity contribution in [3.63, 3.8) is 0 Å². The molecule has 0 aliphatic carbocycles. The Morgan fingerprint density at radius 1 is 1.20 bits per heavy atom. The van der Waals surface area contributed by atoms with Gasteiger partial charge in [-0.3, -0.25) is 4.79 Å². The zero-order valence-corrected chi connectivity index (χ0v) is 13.6. The van der Waals surface area contributed by atoms with Crippen molar-refractivity contribution in [1.82, 2.24) is 0 Å². The van der Waals surface area contributed by atoms with Crippen molar-refractivity contribution in [2.24, 2.45) is 0 Å². The summed E-state index contributed by atoms with van der Waals surface area (Å²) < 4.78 is 0. The van der Waals surface area contributed by atoms with Crippen molar-refractivity contribution >= 4 is 6.29 Å². The Balaban J connectivity index is 3.39. The highest BCUT2D eigenvalue weighted by Gasteiger charge is 2.25. The molecule has 0 saturated carbocycles. The summed E-state index contributed by atoms with van der Waals surface area (Å²) in [5.74, 6) is 0. The van der Waals surface area contributed by atoms with Crippen LogP contribution in [0.15, 0.2) is 41.5 Å². The molecule has 0 fully saturated rings. The molecular formula is C19H26O. The predicted octanol–water partition coefficient (Wildman–Crippen LogP) is 5.06. The van der Waals surface area contributed by atoms with Gasteiger partial charge in [0.2, 0.25) is 0 Å². The summed E-state index contributed by atoms with van der Waals surface area (Å²) in [4.78, 5) is 11.0. The van der Waals surface area contributed by atoms with Crippen molar-refractivity contribution in [2.45, 2.75) is 53.4 Å². The molecule has 1 heteroatoms. The Morgan fingerprint density at radius 2 is 1.85 bits per heavy atom. The highest BCUT2D eigenvalue weighted by Crippen LogP contribution is 2.34. The lowest BCUT2D eigenvalue weighted by atomic mass is 9.75. The molecule has 1 unspecified atom stereocenters. The summed E-state index contributed by atoms with van der Waals surface area (Å²) in [6.07, 6.45) is 6.19. The van der Waals surface area contributed by atoms with Gasteiger partial charge in [0, 0.05) is 5.41 Å². The fourth-order valence-corrected chi connectivity index (χ4v) is 2.55. The summed E-state index contributed by atoms with van der Waals surface area (Å²) in [6, 6.07) is 6.54. The van der Waals surface area contributed by atoms with Gasteiger partial charge in [0.05, 0.1) is 0 Å². The molecule has 1 aromatic carbocycles. The van der Waals surface area contributed by atoms with Gasteiger partial charge in [0.25, 0.3) is 0 Å². The number of hydrogen-bond acceptors (Lipinski definition) is 1. The van der Waals surface area contributed by atoms with Crippen LogP contribution in [0.5, 0.6) is 0 Å². The van der Waals surface area contributed by atoms with Crippen LogP contribution in [-0.4, -0.2) is 6.29 Å². The summed E-state index contributed by atoms with van der Waals surface area (Å²) in [6.45, 7) is 12.6. The minimum atomic E-state index is -0.141. The van der Waals surface area contributed by atoms with Gasteiger partial charge in [-0.15, -0.1) is 0 Å². The van der Waals surface area contributed by atoms with Crippen LogP contribution in [0.4, 0.5) is 0 Å². The van der Waals surface area contributed by atoms with Crippen LogP contribution in [-0.2, 0) is 10.2 Å². The van der Waals surface area contributed by atoms with Crippen molar-refractivity contribution in [3.05, 3.63) is 58.2 Å². The number of benzene rings is 1. The minimum absolute atomic E-state index is 0.141. The summed E-state index contributed by atoms with van der Waals surface area (Å²) in [7, 11) is 0. The third kappa shape index (κ3) is 4.19. The van der Waals surface area contributed by atoms with E-state index in [4.69, 9.17) is 0 Å². The van der Waals surface area contributed by atoms with E-state index in [0.717, 1.165) is 18.3 Å². The third-order valence-electron chi connectivity index (χ3n) is 3.67. The number of allylic oxidation sites excluding steroid dienone is 4. The van der Waals surface area contributed by atoms with E-state index in [1.54, 1.807) is 0 Å². The molecule has 0 N–H and O–H groups in total. The smallest absolute Gasteiger partial charge is 0.145 e. The monoisotopic (exact) mass is 270 g/mol. The number of carbonyl (C=O) groups excluding carboxylic acids is 1. The number of carbonyl (C=O) groups is 1. The van der Waals surface area contributed by atoms with Crippen LogP contribution in [0, 0.1) is 13.8 Å². The van der Waals surface area contributed by atoms with Crippen molar-refractivity contribution < 1.29 is 4.79 Å². The molecule has 20 heavy (non-hydrogen) atoms. The van der Waals surface area contributed by atoms with E-state index < -0.39 is 0 Å². The molecule has 1 nitrogen and oxygen atoms in total. The molecule has 108 valence electrons. The first-order valence-electron chi connectivity index (χ1n) is 7.14. The molecule has 1 aromatic rings. The van der Waals surface area contributed by atoms with E-state index in [2.05, 4.69) is 65.0 Å². The molecule has 1 atom stereocenters. The molecular weight excluding hydrogens is 244 g/mol. The Bertz CT molecular complexity index is 545. The number of rotatable bonds is 5. The first-order valence-corrected chi connectivity index (χ1v) is 7.14. The quantitative estimate of drug-likeness (QED) is 0.415. The predicted molar refractivity (Wildman–Crippen MR) is 87.1 cm³/mol. The second kappa shape index (κ2) is 6.69. The number of hydrogen-bond donors (Lipinski definition) is 0. The van der Waals surface area contributed by atoms with Gasteiger partial charge in [0.1, 0.15) is 6.29 Å². The van der Waals surface area contributed by atoms with E-state index in [1.165, 1.54) is 22.3 Å². The fourth-order valence-electron chi connectivity index (χ4n) is 2.55. The van der Waals surface area contributed by atoms with Crippen LogP contribution in [0.1, 0.15) is 50.8 Å². The van der Waals surface area contributed by atoms with Crippen LogP contribution in [0.2, 0.25) is 0 Å². The highest BCUT2D eigenvalue weighted by atomic mass is 16.1. The van der Waals surface area contributed by atoms with Crippen molar-refractivity contribution in [1.29, 1.82) is 0 Å². The van der Waals surface area contributed by atoms with Crippen LogP contribution in [0.3, 0.4) is 0 Å². The minimum Gasteiger partial charge on any atom is -0.298 e. The number of aldehydes is 1. The highest BCUT2D eigenvalue weighted by molar-refractivity contribution is 5.72. The summed E-state index contributed by atoms with van der Waals surface area (Å²) >= 11 is 0. The molecule has 0 bridgehead atoms. The van der Waals surface area contributed by atoms with Crippen LogP contribution in [0.25, 0.3) is 0 Å². The summed E-state index contributed by atoms with van der Waals surface area (Å²) in [5.41, 5.74) is 5.78. The van der Waals surface area contributed by atoms with Crippen LogP contribution < -0.4 is 0 Å². The van der Waals surface area contributed by atoms with E-state index >= 15 is 0 Å². The third-order valence-corrected chi connectivity index (χ3v) is 3.67. The zero-order valence-electron chi connectivity index (χ0n) is 13.6. The Morgan fingerprint density at radius 3 is 2.40 bits per heavy atom. The number of aryl methyl sites for hydroxylation is 2. The lowest BCUT2D eigenvalue weighted by Gasteiger charge is -2.28. The maximum Gasteiger partial charge on any atom is 0.145 e. The standard InChI is InChI=1S/C19H26O/c1-14(2)9-10-19(6,12-16(4)13-20)18-11-15(3)7-8-17(18)5/h7-9,11-13H,10H2,1-6H3/b16-12+. The molecule has 0 heterocycles. The molecule has 0 aromatic heterocycles. The normalized spacial score (nSPS) is 14.6. The van der Waals surface area contributed by atoms with Crippen molar-refractivity contribution in [2.75, 3.05) is 0 Å². The van der Waals surface area contributed by atoms with E-state index in [0.29, 0.717) is 0 Å². The largest absolute Gasteiger partial charge is 0.298 e. The molecule has 0 aliphatic rings. The van der Waals surface area contributed by atoms with Gasteiger partial charge in [0.15, 0.2) is 0 Å². The van der Waals surface area contributed by atoms with E-state index in [9.17, 15) is 4.79 Å². The van der Waals surface area contributed by atoms with E-state index in [1.807, 2.05) is 6.92 Å². The van der Waals surface area contributed by atoms with Gasteiger partial charge in [-0.2, -0.15) is 0 Å². The van der Waals surface area contributed by atoms with Gasteiger partial charge < -0.3 is 0 Å². The van der Waals surface area contributed by atoms with E-state index in [-0.39, 0.29) is 5.41 Å². The molecule has 0 saturated heterocycles. The van der Waals surface area contributed by atoms with Crippen molar-refractivity contribution in [3.8, 4) is 0 Å². The lowest BCUT2D eigenvalue weighted by molar-refractivity contribution is -0.104. The Hall–Kier alpha value is -1.63. The summed E-state index contributed by atoms with van der Waals surface area (Å²) in [5, 5.41) is 0. The maximum absolute atomic E-state index is 11.0. The SMILES string of the molecule is CC(C)=CCC(C)(/C=C(\C)C=O)c1cc(C)ccc1C. The second-order valence-corrected chi connectivity index (χ2v) is 6.23. The molecule has 1 rings (SSSR count). The second-order valence-electron chi connectivity index (χ2n) is 6.23. The topological polar surface area (TPSA) is 17.1 Å². The zero-order chi connectivity index (χ0) is 15.3. The van der Waals surface area contributed by atoms with Gasteiger partial charge >= 0.3 is 0 Å². The molecule has 0 amide bonds. The average molecular weight is 270 g/mol. The van der Waals surface area contributed by atoms with Crippen LogP contribution >= 0.6 is 0 Å².